The molecule has 0 aromatic rings. The highest BCUT2D eigenvalue weighted by Gasteiger charge is 2.26. The molecule has 0 radical (unpaired) electrons. The van der Waals surface area contributed by atoms with E-state index in [4.69, 9.17) is 15.9 Å². The molecule has 0 heterocycles. The standard InChI is InChI=1S/C8H15NO4/c1-2-3-6(9)5(8(12)13)4-7(10)11/h5-6H,2-4,9H2,1H3,(H,10,11)(H,12,13). The Morgan fingerprint density at radius 2 is 1.92 bits per heavy atom. The first-order valence-electron chi connectivity index (χ1n) is 4.19. The summed E-state index contributed by atoms with van der Waals surface area (Å²) in [6.07, 6.45) is 0.880. The summed E-state index contributed by atoms with van der Waals surface area (Å²) in [5, 5.41) is 17.1. The summed E-state index contributed by atoms with van der Waals surface area (Å²) >= 11 is 0. The first kappa shape index (κ1) is 11.9. The number of hydrogen-bond donors (Lipinski definition) is 3. The number of nitrogens with two attached hydrogens (primary N) is 1. The van der Waals surface area contributed by atoms with Gasteiger partial charge in [-0.15, -0.1) is 0 Å². The van der Waals surface area contributed by atoms with E-state index in [1.54, 1.807) is 0 Å². The molecule has 76 valence electrons. The average molecular weight is 189 g/mol. The molecule has 0 aromatic heterocycles. The van der Waals surface area contributed by atoms with Gasteiger partial charge in [0.15, 0.2) is 0 Å². The number of carboxylic acids is 2. The third kappa shape index (κ3) is 4.47. The molecule has 2 unspecified atom stereocenters. The van der Waals surface area contributed by atoms with Crippen molar-refractivity contribution in [1.29, 1.82) is 0 Å². The van der Waals surface area contributed by atoms with Crippen LogP contribution in [0.5, 0.6) is 0 Å². The lowest BCUT2D eigenvalue weighted by molar-refractivity contribution is -0.149. The molecule has 4 N–H and O–H groups in total. The van der Waals surface area contributed by atoms with Crippen molar-refractivity contribution in [2.24, 2.45) is 11.7 Å². The van der Waals surface area contributed by atoms with Crippen LogP contribution in [0.2, 0.25) is 0 Å². The molecular weight excluding hydrogens is 174 g/mol. The molecule has 0 saturated carbocycles. The second-order valence-electron chi connectivity index (χ2n) is 3.00. The van der Waals surface area contributed by atoms with Crippen molar-refractivity contribution in [2.45, 2.75) is 32.2 Å². The van der Waals surface area contributed by atoms with Gasteiger partial charge < -0.3 is 15.9 Å². The largest absolute Gasteiger partial charge is 0.481 e. The molecule has 0 amide bonds. The minimum absolute atomic E-state index is 0.406. The van der Waals surface area contributed by atoms with E-state index in [1.807, 2.05) is 6.92 Å². The van der Waals surface area contributed by atoms with Gasteiger partial charge in [0.25, 0.3) is 0 Å². The zero-order valence-corrected chi connectivity index (χ0v) is 7.56. The van der Waals surface area contributed by atoms with Crippen LogP contribution in [0.1, 0.15) is 26.2 Å². The lowest BCUT2D eigenvalue weighted by atomic mass is 9.94. The Morgan fingerprint density at radius 1 is 1.38 bits per heavy atom. The maximum Gasteiger partial charge on any atom is 0.308 e. The Bertz CT molecular complexity index is 193. The van der Waals surface area contributed by atoms with E-state index in [0.717, 1.165) is 6.42 Å². The predicted molar refractivity (Wildman–Crippen MR) is 46.3 cm³/mol. The molecule has 0 aromatic carbocycles. The van der Waals surface area contributed by atoms with Gasteiger partial charge in [0.1, 0.15) is 0 Å². The highest BCUT2D eigenvalue weighted by atomic mass is 16.4. The van der Waals surface area contributed by atoms with Crippen molar-refractivity contribution in [3.63, 3.8) is 0 Å². The number of carbonyl (C=O) groups is 2. The normalized spacial score (nSPS) is 14.9. The first-order valence-corrected chi connectivity index (χ1v) is 4.19. The third-order valence-corrected chi connectivity index (χ3v) is 1.85. The van der Waals surface area contributed by atoms with Crippen LogP contribution in [0.4, 0.5) is 0 Å². The van der Waals surface area contributed by atoms with Crippen LogP contribution in [0.15, 0.2) is 0 Å². The summed E-state index contributed by atoms with van der Waals surface area (Å²) in [6, 6.07) is -0.571. The van der Waals surface area contributed by atoms with Gasteiger partial charge in [0, 0.05) is 6.04 Å². The highest BCUT2D eigenvalue weighted by molar-refractivity contribution is 5.78. The Morgan fingerprint density at radius 3 is 2.23 bits per heavy atom. The number of aliphatic carboxylic acids is 2. The van der Waals surface area contributed by atoms with Gasteiger partial charge in [-0.2, -0.15) is 0 Å². The van der Waals surface area contributed by atoms with Crippen LogP contribution in [-0.2, 0) is 9.59 Å². The minimum atomic E-state index is -1.14. The molecule has 0 aliphatic carbocycles. The lowest BCUT2D eigenvalue weighted by Crippen LogP contribution is -2.36. The molecule has 2 atom stereocenters. The molecule has 0 fully saturated rings. The third-order valence-electron chi connectivity index (χ3n) is 1.85. The van der Waals surface area contributed by atoms with Crippen LogP contribution in [0.25, 0.3) is 0 Å². The van der Waals surface area contributed by atoms with Gasteiger partial charge in [-0.3, -0.25) is 9.59 Å². The summed E-state index contributed by atoms with van der Waals surface area (Å²) in [6.45, 7) is 1.87. The van der Waals surface area contributed by atoms with E-state index in [2.05, 4.69) is 0 Å². The zero-order chi connectivity index (χ0) is 10.4. The van der Waals surface area contributed by atoms with E-state index in [-0.39, 0.29) is 0 Å². The van der Waals surface area contributed by atoms with E-state index in [0.29, 0.717) is 6.42 Å². The monoisotopic (exact) mass is 189 g/mol. The first-order chi connectivity index (χ1) is 5.99. The second kappa shape index (κ2) is 5.53. The topological polar surface area (TPSA) is 101 Å². The smallest absolute Gasteiger partial charge is 0.308 e. The van der Waals surface area contributed by atoms with E-state index >= 15 is 0 Å². The molecule has 0 saturated heterocycles. The maximum atomic E-state index is 10.6. The Balaban J connectivity index is 4.23. The SMILES string of the molecule is CCCC(N)C(CC(=O)O)C(=O)O. The van der Waals surface area contributed by atoms with Gasteiger partial charge in [0.05, 0.1) is 12.3 Å². The van der Waals surface area contributed by atoms with Crippen LogP contribution in [-0.4, -0.2) is 28.2 Å². The quantitative estimate of drug-likeness (QED) is 0.557. The van der Waals surface area contributed by atoms with E-state index in [1.165, 1.54) is 0 Å². The van der Waals surface area contributed by atoms with Crippen LogP contribution >= 0.6 is 0 Å². The van der Waals surface area contributed by atoms with Crippen LogP contribution < -0.4 is 5.73 Å². The fourth-order valence-electron chi connectivity index (χ4n) is 1.14. The summed E-state index contributed by atoms with van der Waals surface area (Å²) in [4.78, 5) is 20.9. The number of hydrogen-bond acceptors (Lipinski definition) is 3. The Hall–Kier alpha value is -1.10. The van der Waals surface area contributed by atoms with Crippen molar-refractivity contribution in [3.8, 4) is 0 Å². The molecular formula is C8H15NO4. The molecule has 5 heteroatoms. The minimum Gasteiger partial charge on any atom is -0.481 e. The fraction of sp³-hybridized carbons (Fsp3) is 0.750. The summed E-state index contributed by atoms with van der Waals surface area (Å²) in [7, 11) is 0. The van der Waals surface area contributed by atoms with Gasteiger partial charge in [-0.25, -0.2) is 0 Å². The van der Waals surface area contributed by atoms with Crippen molar-refractivity contribution >= 4 is 11.9 Å². The molecule has 0 spiro atoms. The van der Waals surface area contributed by atoms with E-state index < -0.39 is 30.3 Å². The average Bonchev–Trinajstić information content (AvgIpc) is 1.99. The number of rotatable bonds is 6. The van der Waals surface area contributed by atoms with Crippen LogP contribution in [0.3, 0.4) is 0 Å². The van der Waals surface area contributed by atoms with Crippen molar-refractivity contribution in [2.75, 3.05) is 0 Å². The van der Waals surface area contributed by atoms with Crippen molar-refractivity contribution in [3.05, 3.63) is 0 Å². The number of carboxylic acid groups (broad SMARTS) is 2. The van der Waals surface area contributed by atoms with E-state index in [9.17, 15) is 9.59 Å². The van der Waals surface area contributed by atoms with Gasteiger partial charge in [-0.05, 0) is 6.42 Å². The summed E-state index contributed by atoms with van der Waals surface area (Å²) < 4.78 is 0. The lowest BCUT2D eigenvalue weighted by Gasteiger charge is -2.17. The van der Waals surface area contributed by atoms with Gasteiger partial charge >= 0.3 is 11.9 Å². The van der Waals surface area contributed by atoms with Crippen molar-refractivity contribution in [1.82, 2.24) is 0 Å². The second-order valence-corrected chi connectivity index (χ2v) is 3.00. The Kier molecular flexibility index (Phi) is 5.06. The fourth-order valence-corrected chi connectivity index (χ4v) is 1.14. The van der Waals surface area contributed by atoms with Gasteiger partial charge in [0.2, 0.25) is 0 Å². The summed E-state index contributed by atoms with van der Waals surface area (Å²) in [5.74, 6) is -3.24. The Labute approximate surface area is 76.5 Å². The maximum absolute atomic E-state index is 10.6. The van der Waals surface area contributed by atoms with Crippen LogP contribution in [0, 0.1) is 5.92 Å². The molecule has 0 aliphatic rings. The molecule has 0 rings (SSSR count). The molecule has 0 aliphatic heterocycles. The highest BCUT2D eigenvalue weighted by Crippen LogP contribution is 2.12. The predicted octanol–water partition coefficient (Wildman–Crippen LogP) is 0.289. The molecule has 0 bridgehead atoms. The molecule has 5 nitrogen and oxygen atoms in total. The summed E-state index contributed by atoms with van der Waals surface area (Å²) in [5.41, 5.74) is 5.53. The van der Waals surface area contributed by atoms with Gasteiger partial charge in [-0.1, -0.05) is 13.3 Å². The van der Waals surface area contributed by atoms with Crippen molar-refractivity contribution < 1.29 is 19.8 Å². The molecule has 13 heavy (non-hydrogen) atoms. The zero-order valence-electron chi connectivity index (χ0n) is 7.56.